The zero-order chi connectivity index (χ0) is 89.1. The number of nitrogens with one attached hydrogen (secondary N) is 6. The molecule has 25 nitrogen and oxygen atoms in total. The first kappa shape index (κ1) is 93.0. The van der Waals surface area contributed by atoms with Crippen LogP contribution in [0.15, 0.2) is 128 Å². The smallest absolute Gasteiger partial charge is 0.276 e. The summed E-state index contributed by atoms with van der Waals surface area (Å²) in [6.07, 6.45) is 10.7. The quantitative estimate of drug-likeness (QED) is 0.0276. The van der Waals surface area contributed by atoms with E-state index in [0.717, 1.165) is 138 Å². The van der Waals surface area contributed by atoms with Gasteiger partial charge in [-0.05, 0) is 259 Å². The Balaban J connectivity index is 0.000000170. The summed E-state index contributed by atoms with van der Waals surface area (Å²) in [5.41, 5.74) is 15.7. The molecule has 3 saturated heterocycles. The van der Waals surface area contributed by atoms with E-state index in [1.165, 1.54) is 72.4 Å². The van der Waals surface area contributed by atoms with E-state index in [9.17, 15) is 32.8 Å². The molecule has 6 aromatic carbocycles. The molecule has 124 heavy (non-hydrogen) atoms. The third kappa shape index (κ3) is 23.5. The molecule has 5 amide bonds. The fourth-order valence-corrected chi connectivity index (χ4v) is 18.0. The van der Waals surface area contributed by atoms with Crippen LogP contribution in [0.3, 0.4) is 0 Å². The van der Waals surface area contributed by atoms with E-state index in [-0.39, 0.29) is 91.4 Å². The van der Waals surface area contributed by atoms with E-state index in [4.69, 9.17) is 55.0 Å². The predicted molar refractivity (Wildman–Crippen MR) is 489 cm³/mol. The lowest BCUT2D eigenvalue weighted by molar-refractivity contribution is -0.126. The zero-order valence-corrected chi connectivity index (χ0v) is 75.9. The number of benzene rings is 6. The Hall–Kier alpha value is -10.1. The summed E-state index contributed by atoms with van der Waals surface area (Å²) in [6.45, 7) is 36.6. The highest BCUT2D eigenvalue weighted by Crippen LogP contribution is 2.43. The number of halogens is 5. The Morgan fingerprint density at radius 3 is 1.95 bits per heavy atom. The molecule has 3 aliphatic heterocycles. The van der Waals surface area contributed by atoms with Crippen molar-refractivity contribution in [2.75, 3.05) is 107 Å². The van der Waals surface area contributed by atoms with Gasteiger partial charge in [-0.15, -0.1) is 10.2 Å². The molecule has 30 heteroatoms. The van der Waals surface area contributed by atoms with E-state index in [1.54, 1.807) is 57.6 Å². The van der Waals surface area contributed by atoms with Crippen LogP contribution < -0.4 is 47.1 Å². The van der Waals surface area contributed by atoms with Gasteiger partial charge in [0.05, 0.1) is 46.3 Å². The molecule has 2 atom stereocenters. The van der Waals surface area contributed by atoms with E-state index >= 15 is 0 Å². The largest absolute Gasteiger partial charge is 0.494 e. The summed E-state index contributed by atoms with van der Waals surface area (Å²) in [4.78, 5) is 90.0. The number of hydrogen-bond acceptors (Lipinski definition) is 19. The second-order valence-corrected chi connectivity index (χ2v) is 37.3. The van der Waals surface area contributed by atoms with Gasteiger partial charge in [0.2, 0.25) is 17.8 Å². The van der Waals surface area contributed by atoms with Crippen molar-refractivity contribution in [1.29, 1.82) is 0 Å². The summed E-state index contributed by atoms with van der Waals surface area (Å²) >= 11 is 18.7. The Bertz CT molecular complexity index is 5240. The van der Waals surface area contributed by atoms with Gasteiger partial charge in [0, 0.05) is 135 Å². The molecule has 14 rings (SSSR count). The highest BCUT2D eigenvalue weighted by molar-refractivity contribution is 6.36. The van der Waals surface area contributed by atoms with Crippen LogP contribution >= 0.6 is 34.8 Å². The van der Waals surface area contributed by atoms with Crippen molar-refractivity contribution in [3.8, 4) is 11.5 Å². The number of nitrogens with zero attached hydrogens (tertiary/aromatic N) is 11. The summed E-state index contributed by atoms with van der Waals surface area (Å²) in [5.74, 6) is 0.802. The Morgan fingerprint density at radius 1 is 0.645 bits per heavy atom. The number of likely N-dealkylation sites (tertiary alicyclic amines) is 1. The number of piperidine rings is 1. The van der Waals surface area contributed by atoms with E-state index < -0.39 is 17.8 Å². The van der Waals surface area contributed by atoms with Crippen LogP contribution in [0.5, 0.6) is 11.5 Å². The number of imidazole rings is 1. The number of methoxy groups -OCH3 is 1. The van der Waals surface area contributed by atoms with Gasteiger partial charge in [-0.3, -0.25) is 48.9 Å². The first-order valence-electron chi connectivity index (χ1n) is 43.1. The van der Waals surface area contributed by atoms with Gasteiger partial charge in [0.1, 0.15) is 28.5 Å². The van der Waals surface area contributed by atoms with Gasteiger partial charge in [0.15, 0.2) is 23.1 Å². The highest BCUT2D eigenvalue weighted by atomic mass is 35.5. The number of aromatic nitrogens is 6. The number of nitrogens with two attached hydrogens (primary N) is 1. The topological polar surface area (TPSA) is 288 Å². The molecule has 9 aromatic rings. The van der Waals surface area contributed by atoms with E-state index in [0.29, 0.717) is 75.3 Å². The molecule has 6 heterocycles. The molecular weight excluding hydrogens is 1640 g/mol. The fraction of sp³-hybridized carbons (Fsp3) is 0.468. The summed E-state index contributed by atoms with van der Waals surface area (Å²) in [5, 5.41) is 26.0. The maximum Gasteiger partial charge on any atom is 0.276 e. The fourth-order valence-electron chi connectivity index (χ4n) is 17.2. The van der Waals surface area contributed by atoms with Gasteiger partial charge in [-0.2, -0.15) is 4.98 Å². The average Bonchev–Trinajstić information content (AvgIpc) is 1.61. The van der Waals surface area contributed by atoms with Gasteiger partial charge in [-0.25, -0.2) is 18.7 Å². The van der Waals surface area contributed by atoms with Crippen LogP contribution in [-0.4, -0.2) is 187 Å². The van der Waals surface area contributed by atoms with Gasteiger partial charge >= 0.3 is 0 Å². The molecule has 0 unspecified atom stereocenters. The standard InChI is InChI=1S/C34H46FN5O2.C32H42ClN7O2.C28H31Cl2FN6O3/c1-22(2)36-31(41)25-9-13-28(14-10-25)40-30-20-23(21-39-18-16-26(17-19-39)34(3,4)5)6-15-29(30)37-33(40)38-32(42)24-7-11-27(35)12-8-24;1-32(2,3)40-17-15-39(16-18-40)22-9-8-11-23-21(19-22)13-14-27(28(23)42-5)37-31-35-20-25(33)29(38-31)36-26-12-7-6-10-24(26)30(41)34-4;1-16(23-19(29)9-10-20(31)24(23)30)40-22-15-21(34-35-25(22)32)26(38)33-18-7-5-17(6-8-18)27(39)36-11-13-37(14-12-36)28(2,3)4/h6-8,11-12,15,20,22,25-26,28H,9-10,13-14,16-19,21H2,1-5H3,(H,36,41)(H,37,38,42);6-7,10,12-14,20,22H,8-9,11,15-19H2,1-5H3,(H,34,41)(H2,35,36,37,38);5-10,15-16H,11-14H2,1-4H3,(H2,32,35)(H,33,38)/t;22-;16-/m.01/s1. The minimum Gasteiger partial charge on any atom is -0.494 e. The third-order valence-electron chi connectivity index (χ3n) is 24.3. The molecule has 8 N–H and O–H groups in total. The van der Waals surface area contributed by atoms with Crippen molar-refractivity contribution < 1.29 is 42.2 Å². The third-order valence-corrected chi connectivity index (χ3v) is 25.3. The number of amides is 5. The van der Waals surface area contributed by atoms with Gasteiger partial charge < -0.3 is 51.3 Å². The van der Waals surface area contributed by atoms with Crippen LogP contribution in [-0.2, 0) is 24.2 Å². The number of nitrogen functional groups attached to an aromatic ring is 1. The number of hydrogen-bond donors (Lipinski definition) is 7. The molecule has 662 valence electrons. The number of anilines is 7. The molecule has 1 saturated carbocycles. The van der Waals surface area contributed by atoms with Crippen molar-refractivity contribution in [2.45, 2.75) is 189 Å². The first-order valence-corrected chi connectivity index (χ1v) is 44.2. The summed E-state index contributed by atoms with van der Waals surface area (Å²) in [7, 11) is 3.32. The molecule has 5 aliphatic rings. The lowest BCUT2D eigenvalue weighted by atomic mass is 9.75. The second-order valence-electron chi connectivity index (χ2n) is 36.1. The number of rotatable bonds is 20. The van der Waals surface area contributed by atoms with E-state index in [2.05, 4.69) is 169 Å². The number of fused-ring (bicyclic) bond motifs is 2. The Kier molecular flexibility index (Phi) is 30.7. The Morgan fingerprint density at radius 2 is 1.31 bits per heavy atom. The minimum atomic E-state index is -0.806. The monoisotopic (exact) mass is 1750 g/mol. The number of piperazine rings is 2. The van der Waals surface area contributed by atoms with Crippen LogP contribution in [0.25, 0.3) is 11.0 Å². The molecule has 2 aliphatic carbocycles. The van der Waals surface area contributed by atoms with Crippen molar-refractivity contribution in [2.24, 2.45) is 17.3 Å². The molecule has 0 bridgehead atoms. The van der Waals surface area contributed by atoms with Crippen LogP contribution in [0.2, 0.25) is 15.1 Å². The maximum atomic E-state index is 14.0. The molecule has 0 radical (unpaired) electrons. The molecular formula is C94H119Cl3F2N18O7. The normalized spacial score (nSPS) is 18.0. The van der Waals surface area contributed by atoms with Gasteiger partial charge in [-0.1, -0.05) is 79.8 Å². The highest BCUT2D eigenvalue weighted by Gasteiger charge is 2.36. The molecule has 3 aromatic heterocycles. The zero-order valence-electron chi connectivity index (χ0n) is 73.7. The number of carbonyl (C=O) groups is 5. The maximum absolute atomic E-state index is 14.0. The predicted octanol–water partition coefficient (Wildman–Crippen LogP) is 18.0. The lowest BCUT2D eigenvalue weighted by Gasteiger charge is -2.44. The van der Waals surface area contributed by atoms with Crippen molar-refractivity contribution in [1.82, 2.24) is 64.8 Å². The molecule has 4 fully saturated rings. The van der Waals surface area contributed by atoms with Crippen LogP contribution in [0, 0.1) is 28.9 Å². The number of ether oxygens (including phenoxy) is 2. The first-order chi connectivity index (χ1) is 59.0. The van der Waals surface area contributed by atoms with Crippen LogP contribution in [0.1, 0.15) is 210 Å². The minimum absolute atomic E-state index is 0.00211. The van der Waals surface area contributed by atoms with Crippen molar-refractivity contribution in [3.05, 3.63) is 199 Å². The summed E-state index contributed by atoms with van der Waals surface area (Å²) in [6, 6.07) is 34.7. The van der Waals surface area contributed by atoms with E-state index in [1.807, 2.05) is 36.9 Å². The molecule has 0 spiro atoms. The van der Waals surface area contributed by atoms with Crippen molar-refractivity contribution >= 4 is 116 Å². The number of para-hydroxylation sites is 1. The lowest BCUT2D eigenvalue weighted by Crippen LogP contribution is -2.55. The summed E-state index contributed by atoms with van der Waals surface area (Å²) < 4.78 is 41.4. The average molecular weight is 1760 g/mol. The second kappa shape index (κ2) is 40.9. The van der Waals surface area contributed by atoms with Crippen LogP contribution in [0.4, 0.5) is 49.4 Å². The SMILES string of the molecule is CC(C)NC(=O)C1CCC(n2c(NC(=O)c3ccc(F)cc3)nc3ccc(CN4CCC(C(C)(C)C)CC4)cc32)CC1.CNC(=O)c1ccccc1Nc1nc(Nc2ccc3c(c2OC)CCC[C@H](N2CCN(C(C)(C)C)CC2)C3)ncc1Cl.C[C@@H](Oc1cc(C(=O)Nc2ccc(C(=O)N3CCN(C(C)(C)C)CC3)cc2)nnc1N)c1c(Cl)ccc(F)c1Cl. The van der Waals surface area contributed by atoms with Gasteiger partial charge in [0.25, 0.3) is 23.6 Å². The number of carbonyl (C=O) groups excluding carboxylic acids is 5. The van der Waals surface area contributed by atoms with Crippen molar-refractivity contribution in [3.63, 3.8) is 0 Å². The Labute approximate surface area is 742 Å².